The van der Waals surface area contributed by atoms with Gasteiger partial charge in [-0.25, -0.2) is 4.98 Å². The van der Waals surface area contributed by atoms with Crippen molar-refractivity contribution >= 4 is 0 Å². The maximum Gasteiger partial charge on any atom is 0.214 e. The van der Waals surface area contributed by atoms with Crippen molar-refractivity contribution in [3.05, 3.63) is 23.9 Å². The molecule has 4 heteroatoms. The van der Waals surface area contributed by atoms with E-state index in [1.807, 2.05) is 6.07 Å². The van der Waals surface area contributed by atoms with E-state index < -0.39 is 0 Å². The van der Waals surface area contributed by atoms with E-state index in [0.717, 1.165) is 12.8 Å². The number of hydrogen-bond donors (Lipinski definition) is 1. The standard InChI is InChI=1S/C13H17N3O/c14-8-10-4-1-2-6-12(10)17-13-7-3-5-11(9-15)16-13/h3,5,7,10,12H,1-2,4,6,8,14H2. The van der Waals surface area contributed by atoms with Gasteiger partial charge in [0.25, 0.3) is 0 Å². The van der Waals surface area contributed by atoms with E-state index in [4.69, 9.17) is 15.7 Å². The number of hydrogen-bond acceptors (Lipinski definition) is 4. The Bertz CT molecular complexity index is 413. The lowest BCUT2D eigenvalue weighted by Crippen LogP contribution is -2.35. The van der Waals surface area contributed by atoms with Crippen LogP contribution in [-0.2, 0) is 0 Å². The van der Waals surface area contributed by atoms with Crippen LogP contribution < -0.4 is 10.5 Å². The highest BCUT2D eigenvalue weighted by Crippen LogP contribution is 2.27. The van der Waals surface area contributed by atoms with E-state index in [-0.39, 0.29) is 6.10 Å². The van der Waals surface area contributed by atoms with E-state index in [1.54, 1.807) is 18.2 Å². The van der Waals surface area contributed by atoms with Crippen LogP contribution in [-0.4, -0.2) is 17.6 Å². The summed E-state index contributed by atoms with van der Waals surface area (Å²) in [6.07, 6.45) is 4.71. The second-order valence-electron chi connectivity index (χ2n) is 4.41. The van der Waals surface area contributed by atoms with Crippen LogP contribution >= 0.6 is 0 Å². The molecular weight excluding hydrogens is 214 g/mol. The molecule has 1 aliphatic carbocycles. The molecule has 17 heavy (non-hydrogen) atoms. The molecule has 2 unspecified atom stereocenters. The first-order valence-electron chi connectivity index (χ1n) is 6.07. The van der Waals surface area contributed by atoms with Gasteiger partial charge in [-0.2, -0.15) is 5.26 Å². The Labute approximate surface area is 101 Å². The number of nitrogens with two attached hydrogens (primary N) is 1. The van der Waals surface area contributed by atoms with E-state index in [0.29, 0.717) is 24.0 Å². The van der Waals surface area contributed by atoms with Crippen molar-refractivity contribution in [2.45, 2.75) is 31.8 Å². The summed E-state index contributed by atoms with van der Waals surface area (Å²) in [5.74, 6) is 0.950. The van der Waals surface area contributed by atoms with Crippen molar-refractivity contribution in [1.29, 1.82) is 5.26 Å². The van der Waals surface area contributed by atoms with Gasteiger partial charge in [-0.1, -0.05) is 12.5 Å². The Kier molecular flexibility index (Phi) is 3.94. The first-order chi connectivity index (χ1) is 8.33. The predicted octanol–water partition coefficient (Wildman–Crippen LogP) is 1.85. The molecule has 2 N–H and O–H groups in total. The van der Waals surface area contributed by atoms with Crippen LogP contribution in [0.15, 0.2) is 18.2 Å². The molecule has 2 rings (SSSR count). The van der Waals surface area contributed by atoms with Crippen molar-refractivity contribution < 1.29 is 4.74 Å². The first kappa shape index (κ1) is 11.9. The Balaban J connectivity index is 2.06. The molecule has 2 atom stereocenters. The number of nitriles is 1. The quantitative estimate of drug-likeness (QED) is 0.861. The van der Waals surface area contributed by atoms with E-state index in [2.05, 4.69) is 4.98 Å². The average molecular weight is 231 g/mol. The lowest BCUT2D eigenvalue weighted by atomic mass is 9.86. The molecule has 0 aromatic carbocycles. The van der Waals surface area contributed by atoms with Gasteiger partial charge in [-0.15, -0.1) is 0 Å². The lowest BCUT2D eigenvalue weighted by Gasteiger charge is -2.30. The summed E-state index contributed by atoms with van der Waals surface area (Å²) < 4.78 is 5.86. The van der Waals surface area contributed by atoms with Gasteiger partial charge in [-0.3, -0.25) is 0 Å². The van der Waals surface area contributed by atoms with Crippen LogP contribution in [0.25, 0.3) is 0 Å². The third-order valence-electron chi connectivity index (χ3n) is 3.25. The van der Waals surface area contributed by atoms with Gasteiger partial charge in [0.2, 0.25) is 5.88 Å². The molecule has 0 bridgehead atoms. The van der Waals surface area contributed by atoms with Crippen LogP contribution in [0, 0.1) is 17.2 Å². The number of pyridine rings is 1. The van der Waals surface area contributed by atoms with Gasteiger partial charge in [0.05, 0.1) is 0 Å². The fraction of sp³-hybridized carbons (Fsp3) is 0.538. The Morgan fingerprint density at radius 2 is 2.24 bits per heavy atom. The van der Waals surface area contributed by atoms with Crippen LogP contribution in [0.2, 0.25) is 0 Å². The summed E-state index contributed by atoms with van der Waals surface area (Å²) in [4.78, 5) is 4.13. The summed E-state index contributed by atoms with van der Waals surface area (Å²) in [5, 5.41) is 8.78. The zero-order valence-electron chi connectivity index (χ0n) is 9.80. The minimum Gasteiger partial charge on any atom is -0.474 e. The summed E-state index contributed by atoms with van der Waals surface area (Å²) in [7, 11) is 0. The van der Waals surface area contributed by atoms with Crippen LogP contribution in [0.1, 0.15) is 31.4 Å². The molecule has 1 aromatic heterocycles. The molecule has 1 saturated carbocycles. The Morgan fingerprint density at radius 3 is 3.00 bits per heavy atom. The normalized spacial score (nSPS) is 24.0. The zero-order chi connectivity index (χ0) is 12.1. The fourth-order valence-corrected chi connectivity index (χ4v) is 2.30. The van der Waals surface area contributed by atoms with Crippen molar-refractivity contribution in [3.8, 4) is 11.9 Å². The molecule has 1 heterocycles. The highest BCUT2D eigenvalue weighted by Gasteiger charge is 2.25. The minimum atomic E-state index is 0.148. The molecule has 0 amide bonds. The first-order valence-corrected chi connectivity index (χ1v) is 6.07. The van der Waals surface area contributed by atoms with Gasteiger partial charge in [0.1, 0.15) is 17.9 Å². The van der Waals surface area contributed by atoms with Crippen LogP contribution in [0.4, 0.5) is 0 Å². The molecule has 0 radical (unpaired) electrons. The maximum atomic E-state index is 8.78. The molecular formula is C13H17N3O. The Morgan fingerprint density at radius 1 is 1.41 bits per heavy atom. The van der Waals surface area contributed by atoms with Crippen molar-refractivity contribution in [2.24, 2.45) is 11.7 Å². The fourth-order valence-electron chi connectivity index (χ4n) is 2.30. The highest BCUT2D eigenvalue weighted by molar-refractivity contribution is 5.24. The average Bonchev–Trinajstić information content (AvgIpc) is 2.39. The van der Waals surface area contributed by atoms with Gasteiger partial charge in [0.15, 0.2) is 0 Å². The number of aromatic nitrogens is 1. The highest BCUT2D eigenvalue weighted by atomic mass is 16.5. The maximum absolute atomic E-state index is 8.78. The molecule has 90 valence electrons. The second-order valence-corrected chi connectivity index (χ2v) is 4.41. The van der Waals surface area contributed by atoms with Crippen LogP contribution in [0.3, 0.4) is 0 Å². The van der Waals surface area contributed by atoms with Gasteiger partial charge < -0.3 is 10.5 Å². The topological polar surface area (TPSA) is 71.9 Å². The summed E-state index contributed by atoms with van der Waals surface area (Å²) in [5.41, 5.74) is 6.14. The number of nitrogens with zero attached hydrogens (tertiary/aromatic N) is 2. The largest absolute Gasteiger partial charge is 0.474 e. The van der Waals surface area contributed by atoms with Gasteiger partial charge in [0, 0.05) is 12.0 Å². The third kappa shape index (κ3) is 2.95. The lowest BCUT2D eigenvalue weighted by molar-refractivity contribution is 0.0922. The number of rotatable bonds is 3. The van der Waals surface area contributed by atoms with Gasteiger partial charge in [-0.05, 0) is 31.9 Å². The molecule has 0 saturated heterocycles. The van der Waals surface area contributed by atoms with Crippen LogP contribution in [0.5, 0.6) is 5.88 Å². The SMILES string of the molecule is N#Cc1cccc(OC2CCCCC2CN)n1. The summed E-state index contributed by atoms with van der Waals surface area (Å²) >= 11 is 0. The van der Waals surface area contributed by atoms with E-state index in [9.17, 15) is 0 Å². The molecule has 1 aliphatic rings. The van der Waals surface area contributed by atoms with Gasteiger partial charge >= 0.3 is 0 Å². The zero-order valence-corrected chi connectivity index (χ0v) is 9.80. The summed E-state index contributed by atoms with van der Waals surface area (Å²) in [6.45, 7) is 0.655. The molecule has 4 nitrogen and oxygen atoms in total. The molecule has 0 spiro atoms. The molecule has 1 fully saturated rings. The van der Waals surface area contributed by atoms with Crippen molar-refractivity contribution in [3.63, 3.8) is 0 Å². The summed E-state index contributed by atoms with van der Waals surface area (Å²) in [6, 6.07) is 7.28. The molecule has 1 aromatic rings. The monoisotopic (exact) mass is 231 g/mol. The second kappa shape index (κ2) is 5.65. The van der Waals surface area contributed by atoms with E-state index in [1.165, 1.54) is 12.8 Å². The van der Waals surface area contributed by atoms with Crippen molar-refractivity contribution in [2.75, 3.05) is 6.54 Å². The smallest absolute Gasteiger partial charge is 0.214 e. The molecule has 0 aliphatic heterocycles. The minimum absolute atomic E-state index is 0.148. The third-order valence-corrected chi connectivity index (χ3v) is 3.25. The predicted molar refractivity (Wildman–Crippen MR) is 64.4 cm³/mol. The van der Waals surface area contributed by atoms with E-state index >= 15 is 0 Å². The number of ether oxygens (including phenoxy) is 1. The Hall–Kier alpha value is -1.60. The van der Waals surface area contributed by atoms with Crippen molar-refractivity contribution in [1.82, 2.24) is 4.98 Å².